The number of hydrogen-bond acceptors (Lipinski definition) is 3. The Balaban J connectivity index is 2.13. The van der Waals surface area contributed by atoms with Crippen molar-refractivity contribution in [2.24, 2.45) is 17.8 Å². The zero-order valence-electron chi connectivity index (χ0n) is 22.8. The number of esters is 1. The number of carboxylic acids is 1. The number of rotatable bonds is 21. The van der Waals surface area contributed by atoms with Crippen molar-refractivity contribution in [1.82, 2.24) is 0 Å². The van der Waals surface area contributed by atoms with E-state index in [1.165, 1.54) is 89.9 Å². The molecule has 0 amide bonds. The van der Waals surface area contributed by atoms with Gasteiger partial charge in [0.05, 0.1) is 11.8 Å². The van der Waals surface area contributed by atoms with Gasteiger partial charge in [-0.05, 0) is 31.6 Å². The Hall–Kier alpha value is -1.06. The van der Waals surface area contributed by atoms with Crippen molar-refractivity contribution in [3.8, 4) is 0 Å². The lowest BCUT2D eigenvalue weighted by Gasteiger charge is -2.30. The predicted molar refractivity (Wildman–Crippen MR) is 142 cm³/mol. The van der Waals surface area contributed by atoms with E-state index in [1.807, 2.05) is 0 Å². The van der Waals surface area contributed by atoms with Crippen molar-refractivity contribution in [1.29, 1.82) is 0 Å². The molecule has 1 N–H and O–H groups in total. The standard InChI is InChI=1S/C30H56O4/c1-4-6-7-8-9-10-11-12-13-14-15-16-17-18-19-24-28(25(3)5-2)34-30(33)27-23-21-20-22-26(27)29(31)32/h25-28H,4-24H2,1-3H3,(H,31,32). The average Bonchev–Trinajstić information content (AvgIpc) is 2.84. The van der Waals surface area contributed by atoms with Gasteiger partial charge in [-0.25, -0.2) is 0 Å². The van der Waals surface area contributed by atoms with Crippen molar-refractivity contribution in [2.75, 3.05) is 0 Å². The molecule has 0 saturated heterocycles. The molecule has 4 unspecified atom stereocenters. The molecule has 1 rings (SSSR count). The van der Waals surface area contributed by atoms with Crippen molar-refractivity contribution >= 4 is 11.9 Å². The van der Waals surface area contributed by atoms with Crippen LogP contribution in [-0.2, 0) is 14.3 Å². The van der Waals surface area contributed by atoms with E-state index in [2.05, 4.69) is 20.8 Å². The van der Waals surface area contributed by atoms with Crippen molar-refractivity contribution in [3.63, 3.8) is 0 Å². The van der Waals surface area contributed by atoms with Crippen LogP contribution in [0.1, 0.15) is 156 Å². The van der Waals surface area contributed by atoms with Gasteiger partial charge in [-0.15, -0.1) is 0 Å². The smallest absolute Gasteiger partial charge is 0.310 e. The first-order chi connectivity index (χ1) is 16.5. The number of carboxylic acid groups (broad SMARTS) is 1. The zero-order valence-corrected chi connectivity index (χ0v) is 22.8. The molecule has 1 saturated carbocycles. The summed E-state index contributed by atoms with van der Waals surface area (Å²) in [6.45, 7) is 6.57. The molecule has 0 heterocycles. The number of carbonyl (C=O) groups is 2. The molecule has 0 aromatic carbocycles. The van der Waals surface area contributed by atoms with Crippen LogP contribution in [0.2, 0.25) is 0 Å². The monoisotopic (exact) mass is 480 g/mol. The van der Waals surface area contributed by atoms with Crippen LogP contribution in [-0.4, -0.2) is 23.1 Å². The highest BCUT2D eigenvalue weighted by molar-refractivity contribution is 5.81. The SMILES string of the molecule is CCCCCCCCCCCCCCCCCC(OC(=O)C1CCCCC1C(=O)O)C(C)CC. The minimum atomic E-state index is -0.843. The highest BCUT2D eigenvalue weighted by Gasteiger charge is 2.38. The molecule has 0 aliphatic heterocycles. The molecule has 0 bridgehead atoms. The van der Waals surface area contributed by atoms with E-state index < -0.39 is 17.8 Å². The quantitative estimate of drug-likeness (QED) is 0.131. The normalized spacial score (nSPS) is 20.1. The molecule has 34 heavy (non-hydrogen) atoms. The highest BCUT2D eigenvalue weighted by Crippen LogP contribution is 2.32. The van der Waals surface area contributed by atoms with Gasteiger partial charge in [0.25, 0.3) is 0 Å². The minimum absolute atomic E-state index is 0.0733. The van der Waals surface area contributed by atoms with Crippen LogP contribution in [0.25, 0.3) is 0 Å². The largest absolute Gasteiger partial charge is 0.481 e. The van der Waals surface area contributed by atoms with Gasteiger partial charge in [0.15, 0.2) is 0 Å². The molecule has 1 fully saturated rings. The third-order valence-electron chi connectivity index (χ3n) is 8.02. The lowest BCUT2D eigenvalue weighted by molar-refractivity contribution is -0.166. The lowest BCUT2D eigenvalue weighted by Crippen LogP contribution is -2.37. The summed E-state index contributed by atoms with van der Waals surface area (Å²) < 4.78 is 5.94. The maximum Gasteiger partial charge on any atom is 0.310 e. The highest BCUT2D eigenvalue weighted by atomic mass is 16.5. The number of hydrogen-bond donors (Lipinski definition) is 1. The molecule has 4 heteroatoms. The van der Waals surface area contributed by atoms with Crippen LogP contribution in [0.5, 0.6) is 0 Å². The summed E-state index contributed by atoms with van der Waals surface area (Å²) in [5.41, 5.74) is 0. The maximum absolute atomic E-state index is 12.8. The zero-order chi connectivity index (χ0) is 25.0. The predicted octanol–water partition coefficient (Wildman–Crippen LogP) is 9.10. The molecule has 4 atom stereocenters. The summed E-state index contributed by atoms with van der Waals surface area (Å²) in [5, 5.41) is 9.49. The molecule has 1 aliphatic carbocycles. The first-order valence-electron chi connectivity index (χ1n) is 14.9. The Bertz CT molecular complexity index is 518. The lowest BCUT2D eigenvalue weighted by atomic mass is 9.79. The topological polar surface area (TPSA) is 63.6 Å². The van der Waals surface area contributed by atoms with E-state index in [1.54, 1.807) is 0 Å². The van der Waals surface area contributed by atoms with Crippen molar-refractivity contribution in [3.05, 3.63) is 0 Å². The second-order valence-corrected chi connectivity index (χ2v) is 10.9. The number of carbonyl (C=O) groups excluding carboxylic acids is 1. The first kappa shape index (κ1) is 31.0. The van der Waals surface area contributed by atoms with Crippen LogP contribution in [0.4, 0.5) is 0 Å². The Kier molecular flexibility index (Phi) is 18.4. The van der Waals surface area contributed by atoms with Gasteiger partial charge in [0.1, 0.15) is 6.10 Å². The second kappa shape index (κ2) is 20.2. The second-order valence-electron chi connectivity index (χ2n) is 10.9. The fraction of sp³-hybridized carbons (Fsp3) is 0.933. The van der Waals surface area contributed by atoms with E-state index in [4.69, 9.17) is 4.74 Å². The van der Waals surface area contributed by atoms with Gasteiger partial charge < -0.3 is 9.84 Å². The summed E-state index contributed by atoms with van der Waals surface area (Å²) in [6.07, 6.45) is 25.1. The fourth-order valence-electron chi connectivity index (χ4n) is 5.38. The van der Waals surface area contributed by atoms with Gasteiger partial charge in [-0.3, -0.25) is 9.59 Å². The van der Waals surface area contributed by atoms with Gasteiger partial charge in [-0.2, -0.15) is 0 Å². The Morgan fingerprint density at radius 1 is 0.735 bits per heavy atom. The van der Waals surface area contributed by atoms with Gasteiger partial charge >= 0.3 is 11.9 Å². The van der Waals surface area contributed by atoms with Crippen LogP contribution >= 0.6 is 0 Å². The van der Waals surface area contributed by atoms with E-state index in [0.29, 0.717) is 18.8 Å². The van der Waals surface area contributed by atoms with E-state index in [-0.39, 0.29) is 12.1 Å². The molecule has 1 aliphatic rings. The molecule has 0 aromatic heterocycles. The van der Waals surface area contributed by atoms with Crippen LogP contribution in [0, 0.1) is 17.8 Å². The first-order valence-corrected chi connectivity index (χ1v) is 14.9. The van der Waals surface area contributed by atoms with E-state index in [9.17, 15) is 14.7 Å². The maximum atomic E-state index is 12.8. The summed E-state index contributed by atoms with van der Waals surface area (Å²) >= 11 is 0. The number of ether oxygens (including phenoxy) is 1. The van der Waals surface area contributed by atoms with Gasteiger partial charge in [0, 0.05) is 0 Å². The molecular weight excluding hydrogens is 424 g/mol. The number of unbranched alkanes of at least 4 members (excludes halogenated alkanes) is 14. The molecule has 0 spiro atoms. The number of aliphatic carboxylic acids is 1. The summed E-state index contributed by atoms with van der Waals surface area (Å²) in [4.78, 5) is 24.4. The van der Waals surface area contributed by atoms with Crippen LogP contribution in [0.15, 0.2) is 0 Å². The van der Waals surface area contributed by atoms with E-state index in [0.717, 1.165) is 32.1 Å². The fourth-order valence-corrected chi connectivity index (χ4v) is 5.38. The molecular formula is C30H56O4. The molecule has 4 nitrogen and oxygen atoms in total. The third kappa shape index (κ3) is 13.7. The Morgan fingerprint density at radius 3 is 1.62 bits per heavy atom. The van der Waals surface area contributed by atoms with Gasteiger partial charge in [0.2, 0.25) is 0 Å². The Morgan fingerprint density at radius 2 is 1.18 bits per heavy atom. The molecule has 200 valence electrons. The van der Waals surface area contributed by atoms with Crippen LogP contribution < -0.4 is 0 Å². The van der Waals surface area contributed by atoms with Crippen molar-refractivity contribution in [2.45, 2.75) is 162 Å². The van der Waals surface area contributed by atoms with Crippen LogP contribution in [0.3, 0.4) is 0 Å². The molecule has 0 aromatic rings. The van der Waals surface area contributed by atoms with Gasteiger partial charge in [-0.1, -0.05) is 130 Å². The summed E-state index contributed by atoms with van der Waals surface area (Å²) in [6, 6.07) is 0. The summed E-state index contributed by atoms with van der Waals surface area (Å²) in [5.74, 6) is -1.81. The Labute approximate surface area is 211 Å². The average molecular weight is 481 g/mol. The summed E-state index contributed by atoms with van der Waals surface area (Å²) in [7, 11) is 0. The van der Waals surface area contributed by atoms with Crippen molar-refractivity contribution < 1.29 is 19.4 Å². The molecule has 0 radical (unpaired) electrons. The third-order valence-corrected chi connectivity index (χ3v) is 8.02. The minimum Gasteiger partial charge on any atom is -0.481 e. The van der Waals surface area contributed by atoms with E-state index >= 15 is 0 Å².